The number of hydrogen-bond donors (Lipinski definition) is 0. The number of amides is 2. The van der Waals surface area contributed by atoms with Crippen LogP contribution in [0.2, 0.25) is 0 Å². The highest BCUT2D eigenvalue weighted by atomic mass is 16.3. The van der Waals surface area contributed by atoms with E-state index in [1.165, 1.54) is 0 Å². The molecular weight excluding hydrogens is 506 g/mol. The number of nitrogens with zero attached hydrogens (tertiary/aromatic N) is 5. The second-order valence-electron chi connectivity index (χ2n) is 10.9. The molecule has 9 heteroatoms. The lowest BCUT2D eigenvalue weighted by molar-refractivity contribution is -0.137. The second kappa shape index (κ2) is 10.7. The van der Waals surface area contributed by atoms with Gasteiger partial charge in [-0.2, -0.15) is 0 Å². The van der Waals surface area contributed by atoms with Crippen molar-refractivity contribution in [2.45, 2.75) is 47.3 Å². The van der Waals surface area contributed by atoms with E-state index in [9.17, 15) is 14.4 Å². The van der Waals surface area contributed by atoms with Crippen LogP contribution in [0, 0.1) is 12.3 Å². The van der Waals surface area contributed by atoms with Crippen LogP contribution in [0.5, 0.6) is 0 Å². The van der Waals surface area contributed by atoms with Gasteiger partial charge >= 0.3 is 0 Å². The molecule has 1 aliphatic heterocycles. The van der Waals surface area contributed by atoms with Crippen LogP contribution in [-0.4, -0.2) is 46.4 Å². The molecule has 9 nitrogen and oxygen atoms in total. The number of aromatic nitrogens is 2. The van der Waals surface area contributed by atoms with Crippen LogP contribution >= 0.6 is 0 Å². The number of hydrogen-bond acceptors (Lipinski definition) is 6. The summed E-state index contributed by atoms with van der Waals surface area (Å²) in [5.74, 6) is 0.275. The normalized spacial score (nSPS) is 15.2. The van der Waals surface area contributed by atoms with Crippen molar-refractivity contribution >= 4 is 34.2 Å². The predicted molar refractivity (Wildman–Crippen MR) is 155 cm³/mol. The Labute approximate surface area is 233 Å². The van der Waals surface area contributed by atoms with E-state index in [1.54, 1.807) is 53.7 Å². The highest BCUT2D eigenvalue weighted by Crippen LogP contribution is 2.39. The number of anilines is 2. The van der Waals surface area contributed by atoms with Crippen molar-refractivity contribution < 1.29 is 14.0 Å². The molecule has 4 aromatic rings. The fourth-order valence-corrected chi connectivity index (χ4v) is 5.40. The molecule has 3 aromatic heterocycles. The molecule has 0 fully saturated rings. The monoisotopic (exact) mass is 541 g/mol. The lowest BCUT2D eigenvalue weighted by Gasteiger charge is -2.27. The largest absolute Gasteiger partial charge is 0.461 e. The van der Waals surface area contributed by atoms with Crippen molar-refractivity contribution in [1.82, 2.24) is 14.5 Å². The standard InChI is InChI=1S/C31H35N5O4/c1-6-36-25-10-9-22(17-26(25)33(5)29(38)31(3,4)30(36)39)19-34(20-23-8-7-12-32-18-23)14-15-35-13-11-27-24(28(35)37)16-21(2)40-27/h7-13,16-18H,6,14-15,19-20H2,1-5H3. The first-order valence-electron chi connectivity index (χ1n) is 13.5. The molecule has 5 rings (SSSR count). The van der Waals surface area contributed by atoms with Crippen molar-refractivity contribution in [1.29, 1.82) is 0 Å². The first-order chi connectivity index (χ1) is 19.1. The Balaban J connectivity index is 1.44. The molecule has 40 heavy (non-hydrogen) atoms. The maximum absolute atomic E-state index is 13.3. The maximum Gasteiger partial charge on any atom is 0.261 e. The highest BCUT2D eigenvalue weighted by molar-refractivity contribution is 6.19. The van der Waals surface area contributed by atoms with E-state index in [-0.39, 0.29) is 17.4 Å². The average Bonchev–Trinajstić information content (AvgIpc) is 3.32. The molecule has 0 unspecified atom stereocenters. The summed E-state index contributed by atoms with van der Waals surface area (Å²) in [5.41, 5.74) is 2.86. The van der Waals surface area contributed by atoms with Gasteiger partial charge in [0.25, 0.3) is 5.56 Å². The lowest BCUT2D eigenvalue weighted by Crippen LogP contribution is -2.47. The van der Waals surface area contributed by atoms with Crippen LogP contribution in [0.4, 0.5) is 11.4 Å². The summed E-state index contributed by atoms with van der Waals surface area (Å²) < 4.78 is 7.32. The molecule has 0 spiro atoms. The molecule has 0 bridgehead atoms. The van der Waals surface area contributed by atoms with Crippen LogP contribution in [0.15, 0.2) is 70.3 Å². The van der Waals surface area contributed by atoms with E-state index in [1.807, 2.05) is 56.4 Å². The number of carbonyl (C=O) groups is 2. The molecule has 0 saturated heterocycles. The van der Waals surface area contributed by atoms with Gasteiger partial charge in [-0.1, -0.05) is 12.1 Å². The van der Waals surface area contributed by atoms with Crippen LogP contribution in [0.3, 0.4) is 0 Å². The molecule has 0 aliphatic carbocycles. The molecule has 4 heterocycles. The molecular formula is C31H35N5O4. The van der Waals surface area contributed by atoms with Crippen LogP contribution < -0.4 is 15.4 Å². The molecule has 0 saturated carbocycles. The third-order valence-electron chi connectivity index (χ3n) is 7.60. The summed E-state index contributed by atoms with van der Waals surface area (Å²) in [6.45, 7) is 9.90. The Hall–Kier alpha value is -4.24. The Morgan fingerprint density at radius 3 is 2.48 bits per heavy atom. The van der Waals surface area contributed by atoms with E-state index in [4.69, 9.17) is 4.42 Å². The third-order valence-corrected chi connectivity index (χ3v) is 7.60. The smallest absolute Gasteiger partial charge is 0.261 e. The number of aryl methyl sites for hydroxylation is 1. The zero-order valence-electron chi connectivity index (χ0n) is 23.7. The number of rotatable bonds is 8. The van der Waals surface area contributed by atoms with Gasteiger partial charge in [0.15, 0.2) is 0 Å². The number of pyridine rings is 2. The van der Waals surface area contributed by atoms with E-state index in [0.29, 0.717) is 55.1 Å². The minimum atomic E-state index is -1.15. The van der Waals surface area contributed by atoms with E-state index >= 15 is 0 Å². The summed E-state index contributed by atoms with van der Waals surface area (Å²) in [4.78, 5) is 49.4. The molecule has 0 radical (unpaired) electrons. The summed E-state index contributed by atoms with van der Waals surface area (Å²) in [5, 5.41) is 0.579. The van der Waals surface area contributed by atoms with Gasteiger partial charge in [0.05, 0.1) is 16.8 Å². The Kier molecular flexibility index (Phi) is 7.33. The summed E-state index contributed by atoms with van der Waals surface area (Å²) in [6.07, 6.45) is 5.36. The quantitative estimate of drug-likeness (QED) is 0.308. The first-order valence-corrected chi connectivity index (χ1v) is 13.5. The molecule has 0 atom stereocenters. The zero-order valence-corrected chi connectivity index (χ0v) is 23.7. The van der Waals surface area contributed by atoms with E-state index in [2.05, 4.69) is 9.88 Å². The zero-order chi connectivity index (χ0) is 28.6. The summed E-state index contributed by atoms with van der Waals surface area (Å²) in [6, 6.07) is 13.5. The number of benzene rings is 1. The third kappa shape index (κ3) is 5.04. The second-order valence-corrected chi connectivity index (χ2v) is 10.9. The van der Waals surface area contributed by atoms with Gasteiger partial charge < -0.3 is 18.8 Å². The van der Waals surface area contributed by atoms with Crippen molar-refractivity contribution in [3.05, 3.63) is 88.3 Å². The predicted octanol–water partition coefficient (Wildman–Crippen LogP) is 4.36. The molecule has 1 aliphatic rings. The molecule has 1 aromatic carbocycles. The number of fused-ring (bicyclic) bond motifs is 2. The number of furan rings is 1. The topological polar surface area (TPSA) is 91.9 Å². The van der Waals surface area contributed by atoms with Crippen LogP contribution in [-0.2, 0) is 29.2 Å². The molecule has 208 valence electrons. The lowest BCUT2D eigenvalue weighted by atomic mass is 9.90. The fourth-order valence-electron chi connectivity index (χ4n) is 5.40. The van der Waals surface area contributed by atoms with Gasteiger partial charge in [0.1, 0.15) is 16.8 Å². The van der Waals surface area contributed by atoms with Crippen molar-refractivity contribution in [2.24, 2.45) is 5.41 Å². The highest BCUT2D eigenvalue weighted by Gasteiger charge is 2.45. The van der Waals surface area contributed by atoms with Gasteiger partial charge in [0, 0.05) is 58.4 Å². The minimum absolute atomic E-state index is 0.0761. The fraction of sp³-hybridized carbons (Fsp3) is 0.355. The van der Waals surface area contributed by atoms with Crippen LogP contribution in [0.25, 0.3) is 11.0 Å². The maximum atomic E-state index is 13.3. The summed E-state index contributed by atoms with van der Waals surface area (Å²) in [7, 11) is 1.73. The Morgan fingerprint density at radius 1 is 0.975 bits per heavy atom. The molecule has 2 amide bonds. The van der Waals surface area contributed by atoms with Gasteiger partial charge in [-0.25, -0.2) is 0 Å². The van der Waals surface area contributed by atoms with E-state index < -0.39 is 5.41 Å². The SMILES string of the molecule is CCN1C(=O)C(C)(C)C(=O)N(C)c2cc(CN(CCn3ccc4oc(C)cc4c3=O)Cc3cccnc3)ccc21. The summed E-state index contributed by atoms with van der Waals surface area (Å²) >= 11 is 0. The van der Waals surface area contributed by atoms with E-state index in [0.717, 1.165) is 16.8 Å². The van der Waals surface area contributed by atoms with Crippen molar-refractivity contribution in [2.75, 3.05) is 29.9 Å². The van der Waals surface area contributed by atoms with Gasteiger partial charge in [0.2, 0.25) is 11.8 Å². The van der Waals surface area contributed by atoms with Gasteiger partial charge in [-0.3, -0.25) is 24.3 Å². The van der Waals surface area contributed by atoms with Crippen molar-refractivity contribution in [3.8, 4) is 0 Å². The van der Waals surface area contributed by atoms with Crippen LogP contribution in [0.1, 0.15) is 37.7 Å². The Bertz CT molecular complexity index is 1620. The Morgan fingerprint density at radius 2 is 1.75 bits per heavy atom. The minimum Gasteiger partial charge on any atom is -0.461 e. The van der Waals surface area contributed by atoms with Crippen molar-refractivity contribution in [3.63, 3.8) is 0 Å². The average molecular weight is 542 g/mol. The molecule has 0 N–H and O–H groups in total. The first kappa shape index (κ1) is 27.3. The number of carbonyl (C=O) groups excluding carboxylic acids is 2. The van der Waals surface area contributed by atoms with Gasteiger partial charge in [-0.15, -0.1) is 0 Å². The van der Waals surface area contributed by atoms with Gasteiger partial charge in [-0.05, 0) is 69.2 Å².